The molecule has 1 aromatic carbocycles. The van der Waals surface area contributed by atoms with Crippen LogP contribution in [0.2, 0.25) is 0 Å². The molecule has 4 heteroatoms. The Morgan fingerprint density at radius 1 is 1.06 bits per heavy atom. The molecule has 2 heterocycles. The van der Waals surface area contributed by atoms with Crippen molar-refractivity contribution in [3.8, 4) is 11.3 Å². The summed E-state index contributed by atoms with van der Waals surface area (Å²) in [4.78, 5) is 4.33. The van der Waals surface area contributed by atoms with Gasteiger partial charge < -0.3 is 5.73 Å². The van der Waals surface area contributed by atoms with E-state index in [1.807, 2.05) is 54.0 Å². The average molecular weight is 224 g/mol. The molecule has 4 nitrogen and oxygen atoms in total. The SMILES string of the molecule is Cc1ccc2ncc(-c3ccc(N)cc3)n2n1. The van der Waals surface area contributed by atoms with Crippen LogP contribution in [0.25, 0.3) is 16.9 Å². The number of nitrogens with zero attached hydrogens (tertiary/aromatic N) is 3. The van der Waals surface area contributed by atoms with Gasteiger partial charge in [-0.1, -0.05) is 12.1 Å². The summed E-state index contributed by atoms with van der Waals surface area (Å²) in [5, 5.41) is 4.46. The smallest absolute Gasteiger partial charge is 0.154 e. The van der Waals surface area contributed by atoms with Crippen molar-refractivity contribution in [3.05, 3.63) is 48.3 Å². The van der Waals surface area contributed by atoms with Crippen LogP contribution in [-0.2, 0) is 0 Å². The van der Waals surface area contributed by atoms with E-state index in [2.05, 4.69) is 10.1 Å². The quantitative estimate of drug-likeness (QED) is 0.645. The molecular formula is C13H12N4. The Morgan fingerprint density at radius 3 is 2.59 bits per heavy atom. The third-order valence-electron chi connectivity index (χ3n) is 2.70. The highest BCUT2D eigenvalue weighted by Crippen LogP contribution is 2.21. The highest BCUT2D eigenvalue weighted by atomic mass is 15.3. The number of nitrogens with two attached hydrogens (primary N) is 1. The predicted octanol–water partition coefficient (Wildman–Crippen LogP) is 2.29. The molecule has 0 fully saturated rings. The van der Waals surface area contributed by atoms with Crippen molar-refractivity contribution in [2.75, 3.05) is 5.73 Å². The standard InChI is InChI=1S/C13H12N4/c1-9-2-7-13-15-8-12(17(13)16-9)10-3-5-11(14)6-4-10/h2-8H,14H2,1H3. The summed E-state index contributed by atoms with van der Waals surface area (Å²) in [7, 11) is 0. The van der Waals surface area contributed by atoms with Gasteiger partial charge in [-0.15, -0.1) is 0 Å². The molecule has 84 valence electrons. The number of nitrogen functional groups attached to an aromatic ring is 1. The van der Waals surface area contributed by atoms with Crippen LogP contribution in [0, 0.1) is 6.92 Å². The maximum atomic E-state index is 5.68. The average Bonchev–Trinajstić information content (AvgIpc) is 2.73. The Balaban J connectivity index is 2.23. The first-order valence-electron chi connectivity index (χ1n) is 5.41. The number of fused-ring (bicyclic) bond motifs is 1. The molecule has 0 bridgehead atoms. The van der Waals surface area contributed by atoms with Crippen molar-refractivity contribution in [2.24, 2.45) is 0 Å². The van der Waals surface area contributed by atoms with E-state index in [4.69, 9.17) is 5.73 Å². The van der Waals surface area contributed by atoms with Gasteiger partial charge in [-0.3, -0.25) is 0 Å². The van der Waals surface area contributed by atoms with Crippen LogP contribution in [0.3, 0.4) is 0 Å². The third kappa shape index (κ3) is 1.63. The van der Waals surface area contributed by atoms with E-state index in [0.29, 0.717) is 0 Å². The second kappa shape index (κ2) is 3.59. The largest absolute Gasteiger partial charge is 0.399 e. The number of aryl methyl sites for hydroxylation is 1. The molecule has 0 radical (unpaired) electrons. The minimum atomic E-state index is 0.756. The minimum Gasteiger partial charge on any atom is -0.399 e. The molecule has 0 saturated carbocycles. The van der Waals surface area contributed by atoms with Crippen LogP contribution in [0.1, 0.15) is 5.69 Å². The summed E-state index contributed by atoms with van der Waals surface area (Å²) >= 11 is 0. The zero-order chi connectivity index (χ0) is 11.8. The fourth-order valence-corrected chi connectivity index (χ4v) is 1.82. The Morgan fingerprint density at radius 2 is 1.82 bits per heavy atom. The van der Waals surface area contributed by atoms with E-state index in [9.17, 15) is 0 Å². The maximum absolute atomic E-state index is 5.68. The van der Waals surface area contributed by atoms with Crippen LogP contribution in [-0.4, -0.2) is 14.6 Å². The van der Waals surface area contributed by atoms with Gasteiger partial charge in [0.2, 0.25) is 0 Å². The molecule has 0 aliphatic rings. The predicted molar refractivity (Wildman–Crippen MR) is 67.6 cm³/mol. The molecule has 0 spiro atoms. The molecule has 3 rings (SSSR count). The van der Waals surface area contributed by atoms with Gasteiger partial charge >= 0.3 is 0 Å². The van der Waals surface area contributed by atoms with Crippen LogP contribution >= 0.6 is 0 Å². The van der Waals surface area contributed by atoms with Gasteiger partial charge in [0.05, 0.1) is 17.6 Å². The second-order valence-corrected chi connectivity index (χ2v) is 4.01. The van der Waals surface area contributed by atoms with E-state index in [-0.39, 0.29) is 0 Å². The highest BCUT2D eigenvalue weighted by Gasteiger charge is 2.06. The van der Waals surface area contributed by atoms with Gasteiger partial charge in [0.15, 0.2) is 5.65 Å². The van der Waals surface area contributed by atoms with Crippen LogP contribution in [0.5, 0.6) is 0 Å². The van der Waals surface area contributed by atoms with E-state index in [0.717, 1.165) is 28.3 Å². The summed E-state index contributed by atoms with van der Waals surface area (Å²) < 4.78 is 1.85. The Hall–Kier alpha value is -2.36. The molecule has 0 aliphatic heterocycles. The Labute approximate surface area is 98.7 Å². The number of benzene rings is 1. The van der Waals surface area contributed by atoms with Gasteiger partial charge in [-0.2, -0.15) is 5.10 Å². The molecule has 0 atom stereocenters. The van der Waals surface area contributed by atoms with Crippen molar-refractivity contribution in [3.63, 3.8) is 0 Å². The molecule has 0 saturated heterocycles. The number of aromatic nitrogens is 3. The molecule has 3 aromatic rings. The summed E-state index contributed by atoms with van der Waals surface area (Å²) in [5.41, 5.74) is 10.3. The van der Waals surface area contributed by atoms with Crippen molar-refractivity contribution in [2.45, 2.75) is 6.92 Å². The van der Waals surface area contributed by atoms with E-state index < -0.39 is 0 Å². The van der Waals surface area contributed by atoms with E-state index in [1.165, 1.54) is 0 Å². The fraction of sp³-hybridized carbons (Fsp3) is 0.0769. The first-order chi connectivity index (χ1) is 8.24. The van der Waals surface area contributed by atoms with Crippen molar-refractivity contribution in [1.82, 2.24) is 14.6 Å². The minimum absolute atomic E-state index is 0.756. The van der Waals surface area contributed by atoms with Gasteiger partial charge in [-0.25, -0.2) is 9.50 Å². The molecule has 0 amide bonds. The molecule has 0 aliphatic carbocycles. The third-order valence-corrected chi connectivity index (χ3v) is 2.70. The summed E-state index contributed by atoms with van der Waals surface area (Å²) in [6.07, 6.45) is 1.83. The Bertz CT molecular complexity index is 667. The van der Waals surface area contributed by atoms with Crippen molar-refractivity contribution in [1.29, 1.82) is 0 Å². The Kier molecular flexibility index (Phi) is 2.08. The number of hydrogen-bond acceptors (Lipinski definition) is 3. The molecule has 2 aromatic heterocycles. The number of hydrogen-bond donors (Lipinski definition) is 1. The topological polar surface area (TPSA) is 56.2 Å². The number of rotatable bonds is 1. The molecule has 0 unspecified atom stereocenters. The monoisotopic (exact) mass is 224 g/mol. The van der Waals surface area contributed by atoms with Gasteiger partial charge in [-0.05, 0) is 31.2 Å². The maximum Gasteiger partial charge on any atom is 0.154 e. The lowest BCUT2D eigenvalue weighted by Crippen LogP contribution is -1.96. The lowest BCUT2D eigenvalue weighted by atomic mass is 10.1. The lowest BCUT2D eigenvalue weighted by molar-refractivity contribution is 0.907. The first kappa shape index (κ1) is 9.84. The van der Waals surface area contributed by atoms with Crippen molar-refractivity contribution < 1.29 is 0 Å². The normalized spacial score (nSPS) is 10.9. The molecular weight excluding hydrogens is 212 g/mol. The van der Waals surface area contributed by atoms with Crippen LogP contribution in [0.4, 0.5) is 5.69 Å². The zero-order valence-corrected chi connectivity index (χ0v) is 9.46. The second-order valence-electron chi connectivity index (χ2n) is 4.01. The van der Waals surface area contributed by atoms with Gasteiger partial charge in [0, 0.05) is 11.3 Å². The van der Waals surface area contributed by atoms with Gasteiger partial charge in [0.25, 0.3) is 0 Å². The molecule has 17 heavy (non-hydrogen) atoms. The van der Waals surface area contributed by atoms with Gasteiger partial charge in [0.1, 0.15) is 0 Å². The van der Waals surface area contributed by atoms with Crippen LogP contribution in [0.15, 0.2) is 42.6 Å². The van der Waals surface area contributed by atoms with E-state index >= 15 is 0 Å². The number of anilines is 1. The zero-order valence-electron chi connectivity index (χ0n) is 9.46. The molecule has 2 N–H and O–H groups in total. The van der Waals surface area contributed by atoms with Crippen LogP contribution < -0.4 is 5.73 Å². The van der Waals surface area contributed by atoms with Crippen molar-refractivity contribution >= 4 is 11.3 Å². The summed E-state index contributed by atoms with van der Waals surface area (Å²) in [6, 6.07) is 11.6. The number of imidazole rings is 1. The highest BCUT2D eigenvalue weighted by molar-refractivity contribution is 5.64. The summed E-state index contributed by atoms with van der Waals surface area (Å²) in [6.45, 7) is 1.96. The van der Waals surface area contributed by atoms with E-state index in [1.54, 1.807) is 0 Å². The first-order valence-corrected chi connectivity index (χ1v) is 5.41. The fourth-order valence-electron chi connectivity index (χ4n) is 1.82. The summed E-state index contributed by atoms with van der Waals surface area (Å²) in [5.74, 6) is 0. The lowest BCUT2D eigenvalue weighted by Gasteiger charge is -2.02.